The number of anilines is 1. The van der Waals surface area contributed by atoms with Crippen LogP contribution in [0.25, 0.3) is 0 Å². The lowest BCUT2D eigenvalue weighted by Gasteiger charge is -2.14. The summed E-state index contributed by atoms with van der Waals surface area (Å²) in [5.41, 5.74) is 0.639. The molecule has 0 fully saturated rings. The summed E-state index contributed by atoms with van der Waals surface area (Å²) < 4.78 is 3.39. The van der Waals surface area contributed by atoms with Crippen LogP contribution in [0, 0.1) is 11.3 Å². The summed E-state index contributed by atoms with van der Waals surface area (Å²) >= 11 is 16.3. The van der Waals surface area contributed by atoms with E-state index in [1.54, 1.807) is 12.1 Å². The van der Waals surface area contributed by atoms with Crippen LogP contribution in [0.4, 0.5) is 5.69 Å². The van der Waals surface area contributed by atoms with Crippen molar-refractivity contribution < 1.29 is 9.53 Å². The van der Waals surface area contributed by atoms with Crippen molar-refractivity contribution in [3.8, 4) is 11.8 Å². The monoisotopic (exact) mass is 320 g/mol. The Hall–Kier alpha value is -1.15. The molecule has 1 rings (SSSR count). The number of nitrogens with zero attached hydrogens (tertiary/aromatic N) is 1. The van der Waals surface area contributed by atoms with E-state index in [4.69, 9.17) is 44.8 Å². The van der Waals surface area contributed by atoms with E-state index in [1.807, 2.05) is 19.9 Å². The summed E-state index contributed by atoms with van der Waals surface area (Å²) in [6, 6.07) is 6.57. The smallest absolute Gasteiger partial charge is 0.276 e. The molecule has 0 saturated carbocycles. The maximum atomic E-state index is 11.5. The Morgan fingerprint density at radius 1 is 1.42 bits per heavy atom. The standard InChI is InChI=1S/C12H11Cl3N2O2/c1-7(2)19-10-4-3-9(5-8(10)6-16)17-11(18)12(13,14)15/h3-5,7H,1-2H3,(H,17,18). The van der Waals surface area contributed by atoms with E-state index in [0.29, 0.717) is 11.4 Å². The first kappa shape index (κ1) is 15.9. The van der Waals surface area contributed by atoms with Gasteiger partial charge < -0.3 is 10.1 Å². The number of carbonyl (C=O) groups is 1. The Labute approximate surface area is 126 Å². The molecule has 1 amide bonds. The number of amides is 1. The first-order valence-corrected chi connectivity index (χ1v) is 6.46. The average molecular weight is 322 g/mol. The number of carbonyl (C=O) groups excluding carboxylic acids is 1. The number of hydrogen-bond donors (Lipinski definition) is 1. The largest absolute Gasteiger partial charge is 0.490 e. The third-order valence-corrected chi connectivity index (χ3v) is 2.49. The van der Waals surface area contributed by atoms with Gasteiger partial charge in [0.25, 0.3) is 9.70 Å². The van der Waals surface area contributed by atoms with Crippen molar-refractivity contribution in [1.82, 2.24) is 0 Å². The summed E-state index contributed by atoms with van der Waals surface area (Å²) in [4.78, 5) is 11.5. The Morgan fingerprint density at radius 2 is 2.05 bits per heavy atom. The first-order chi connectivity index (χ1) is 8.74. The highest BCUT2D eigenvalue weighted by Gasteiger charge is 2.30. The molecule has 19 heavy (non-hydrogen) atoms. The summed E-state index contributed by atoms with van der Waals surface area (Å²) in [5.74, 6) is -0.358. The lowest BCUT2D eigenvalue weighted by Crippen LogP contribution is -2.26. The third kappa shape index (κ3) is 4.79. The number of nitrogens with one attached hydrogen (secondary N) is 1. The van der Waals surface area contributed by atoms with Crippen molar-refractivity contribution in [3.63, 3.8) is 0 Å². The molecule has 7 heteroatoms. The topological polar surface area (TPSA) is 62.1 Å². The molecule has 1 N–H and O–H groups in total. The molecule has 0 unspecified atom stereocenters. The summed E-state index contributed by atoms with van der Waals surface area (Å²) in [6.07, 6.45) is -0.0614. The normalized spacial score (nSPS) is 11.0. The van der Waals surface area contributed by atoms with Gasteiger partial charge in [0.2, 0.25) is 0 Å². The minimum atomic E-state index is -2.06. The molecule has 0 radical (unpaired) electrons. The molecule has 4 nitrogen and oxygen atoms in total. The molecule has 0 bridgehead atoms. The van der Waals surface area contributed by atoms with Crippen LogP contribution in [0.1, 0.15) is 19.4 Å². The van der Waals surface area contributed by atoms with Crippen molar-refractivity contribution in [2.45, 2.75) is 23.7 Å². The van der Waals surface area contributed by atoms with Crippen LogP contribution < -0.4 is 10.1 Å². The van der Waals surface area contributed by atoms with E-state index in [2.05, 4.69) is 5.32 Å². The van der Waals surface area contributed by atoms with E-state index in [1.165, 1.54) is 6.07 Å². The molecule has 0 heterocycles. The van der Waals surface area contributed by atoms with E-state index in [0.717, 1.165) is 0 Å². The van der Waals surface area contributed by atoms with Gasteiger partial charge in [0, 0.05) is 5.69 Å². The summed E-state index contributed by atoms with van der Waals surface area (Å²) in [5, 5.41) is 11.4. The van der Waals surface area contributed by atoms with Crippen molar-refractivity contribution in [2.75, 3.05) is 5.32 Å². The first-order valence-electron chi connectivity index (χ1n) is 5.33. The van der Waals surface area contributed by atoms with Gasteiger partial charge in [-0.2, -0.15) is 5.26 Å². The number of halogens is 3. The summed E-state index contributed by atoms with van der Waals surface area (Å²) in [6.45, 7) is 3.69. The van der Waals surface area contributed by atoms with Crippen LogP contribution in [0.2, 0.25) is 0 Å². The molecule has 0 aliphatic rings. The fraction of sp³-hybridized carbons (Fsp3) is 0.333. The van der Waals surface area contributed by atoms with Crippen molar-refractivity contribution in [3.05, 3.63) is 23.8 Å². The van der Waals surface area contributed by atoms with Crippen LogP contribution in [0.15, 0.2) is 18.2 Å². The Balaban J connectivity index is 2.95. The zero-order chi connectivity index (χ0) is 14.6. The van der Waals surface area contributed by atoms with Gasteiger partial charge in [-0.3, -0.25) is 4.79 Å². The second kappa shape index (κ2) is 6.33. The second-order valence-corrected chi connectivity index (χ2v) is 6.22. The minimum Gasteiger partial charge on any atom is -0.490 e. The Morgan fingerprint density at radius 3 is 2.53 bits per heavy atom. The molecule has 0 saturated heterocycles. The van der Waals surface area contributed by atoms with Gasteiger partial charge in [-0.15, -0.1) is 0 Å². The van der Waals surface area contributed by atoms with Gasteiger partial charge in [-0.25, -0.2) is 0 Å². The minimum absolute atomic E-state index is 0.0614. The van der Waals surface area contributed by atoms with Crippen LogP contribution in [-0.2, 0) is 4.79 Å². The van der Waals surface area contributed by atoms with Gasteiger partial charge in [-0.1, -0.05) is 34.8 Å². The maximum absolute atomic E-state index is 11.5. The predicted octanol–water partition coefficient (Wildman–Crippen LogP) is 3.65. The molecular weight excluding hydrogens is 311 g/mol. The number of nitriles is 1. The van der Waals surface area contributed by atoms with Gasteiger partial charge in [0.15, 0.2) is 0 Å². The molecule has 1 aromatic carbocycles. The van der Waals surface area contributed by atoms with Crippen molar-refractivity contribution in [1.29, 1.82) is 5.26 Å². The van der Waals surface area contributed by atoms with Crippen LogP contribution in [-0.4, -0.2) is 15.8 Å². The molecule has 1 aromatic rings. The highest BCUT2D eigenvalue weighted by Crippen LogP contribution is 2.29. The number of ether oxygens (including phenoxy) is 1. The number of rotatable bonds is 3. The molecule has 0 aromatic heterocycles. The highest BCUT2D eigenvalue weighted by molar-refractivity contribution is 6.76. The zero-order valence-corrected chi connectivity index (χ0v) is 12.5. The van der Waals surface area contributed by atoms with Crippen LogP contribution >= 0.6 is 34.8 Å². The summed E-state index contributed by atoms with van der Waals surface area (Å²) in [7, 11) is 0. The van der Waals surface area contributed by atoms with E-state index in [9.17, 15) is 4.79 Å². The van der Waals surface area contributed by atoms with Gasteiger partial charge in [0.05, 0.1) is 11.7 Å². The van der Waals surface area contributed by atoms with Gasteiger partial charge in [0.1, 0.15) is 11.8 Å². The molecule has 102 valence electrons. The third-order valence-electron chi connectivity index (χ3n) is 1.98. The van der Waals surface area contributed by atoms with Crippen LogP contribution in [0.5, 0.6) is 5.75 Å². The zero-order valence-electron chi connectivity index (χ0n) is 10.2. The van der Waals surface area contributed by atoms with Crippen LogP contribution in [0.3, 0.4) is 0 Å². The number of benzene rings is 1. The van der Waals surface area contributed by atoms with Gasteiger partial charge >= 0.3 is 0 Å². The molecule has 0 atom stereocenters. The molecule has 0 aliphatic heterocycles. The van der Waals surface area contributed by atoms with E-state index < -0.39 is 9.70 Å². The van der Waals surface area contributed by atoms with Gasteiger partial charge in [-0.05, 0) is 32.0 Å². The quantitative estimate of drug-likeness (QED) is 0.864. The maximum Gasteiger partial charge on any atom is 0.276 e. The Bertz CT molecular complexity index is 519. The second-order valence-electron chi connectivity index (χ2n) is 3.94. The fourth-order valence-corrected chi connectivity index (χ4v) is 1.40. The van der Waals surface area contributed by atoms with Crippen molar-refractivity contribution in [2.24, 2.45) is 0 Å². The lowest BCUT2D eigenvalue weighted by molar-refractivity contribution is -0.115. The van der Waals surface area contributed by atoms with E-state index >= 15 is 0 Å². The predicted molar refractivity (Wildman–Crippen MR) is 75.8 cm³/mol. The molecule has 0 aliphatic carbocycles. The molecular formula is C12H11Cl3N2O2. The SMILES string of the molecule is CC(C)Oc1ccc(NC(=O)C(Cl)(Cl)Cl)cc1C#N. The molecule has 0 spiro atoms. The number of alkyl halides is 3. The van der Waals surface area contributed by atoms with Crippen molar-refractivity contribution >= 4 is 46.4 Å². The number of hydrogen-bond acceptors (Lipinski definition) is 3. The Kier molecular flexibility index (Phi) is 5.30. The van der Waals surface area contributed by atoms with E-state index in [-0.39, 0.29) is 11.7 Å². The lowest BCUT2D eigenvalue weighted by atomic mass is 10.2. The average Bonchev–Trinajstić information content (AvgIpc) is 2.29. The highest BCUT2D eigenvalue weighted by atomic mass is 35.6. The fourth-order valence-electron chi connectivity index (χ4n) is 1.25.